The van der Waals surface area contributed by atoms with Crippen LogP contribution in [0.5, 0.6) is 0 Å². The molecule has 1 aromatic heterocycles. The lowest BCUT2D eigenvalue weighted by Gasteiger charge is -2.26. The Labute approximate surface area is 165 Å². The zero-order valence-corrected chi connectivity index (χ0v) is 17.0. The highest BCUT2D eigenvalue weighted by Gasteiger charge is 2.27. The van der Waals surface area contributed by atoms with Crippen molar-refractivity contribution in [1.82, 2.24) is 4.57 Å². The molecule has 2 rings (SSSR count). The third-order valence-electron chi connectivity index (χ3n) is 3.59. The Morgan fingerprint density at radius 2 is 1.93 bits per heavy atom. The summed E-state index contributed by atoms with van der Waals surface area (Å²) in [4.78, 5) is 24.8. The minimum atomic E-state index is -2.55. The van der Waals surface area contributed by atoms with E-state index in [0.29, 0.717) is 17.6 Å². The number of carbonyl (C=O) groups is 2. The minimum absolute atomic E-state index is 0.164. The number of anilines is 1. The van der Waals surface area contributed by atoms with Crippen molar-refractivity contribution in [1.29, 1.82) is 0 Å². The maximum Gasteiger partial charge on any atom is 0.416 e. The van der Waals surface area contributed by atoms with Crippen molar-refractivity contribution in [3.8, 4) is 0 Å². The molecule has 0 aliphatic heterocycles. The van der Waals surface area contributed by atoms with Gasteiger partial charge in [0.1, 0.15) is 18.9 Å². The number of aromatic nitrogens is 1. The van der Waals surface area contributed by atoms with E-state index in [1.165, 1.54) is 6.92 Å². The van der Waals surface area contributed by atoms with Crippen LogP contribution in [0.3, 0.4) is 0 Å². The fourth-order valence-electron chi connectivity index (χ4n) is 2.55. The van der Waals surface area contributed by atoms with E-state index in [-0.39, 0.29) is 12.6 Å². The number of amides is 1. The summed E-state index contributed by atoms with van der Waals surface area (Å²) in [7, 11) is 0. The van der Waals surface area contributed by atoms with Gasteiger partial charge in [-0.15, -0.1) is 0 Å². The van der Waals surface area contributed by atoms with Gasteiger partial charge in [0.15, 0.2) is 0 Å². The van der Waals surface area contributed by atoms with Crippen LogP contribution < -0.4 is 4.90 Å². The molecule has 28 heavy (non-hydrogen) atoms. The van der Waals surface area contributed by atoms with Crippen molar-refractivity contribution in [2.24, 2.45) is 0 Å². The Kier molecular flexibility index (Phi) is 7.17. The van der Waals surface area contributed by atoms with Gasteiger partial charge in [0.2, 0.25) is 0 Å². The summed E-state index contributed by atoms with van der Waals surface area (Å²) in [5.74, 6) is -0.383. The zero-order valence-electron chi connectivity index (χ0n) is 16.2. The predicted molar refractivity (Wildman–Crippen MR) is 104 cm³/mol. The Morgan fingerprint density at radius 3 is 2.54 bits per heavy atom. The smallest absolute Gasteiger partial charge is 0.416 e. The van der Waals surface area contributed by atoms with Crippen molar-refractivity contribution < 1.29 is 32.0 Å². The number of esters is 1. The molecule has 2 aromatic rings. The van der Waals surface area contributed by atoms with Crippen LogP contribution in [0.25, 0.3) is 10.9 Å². The van der Waals surface area contributed by atoms with Crippen LogP contribution in [0.1, 0.15) is 27.7 Å². The first-order valence-electron chi connectivity index (χ1n) is 8.54. The van der Waals surface area contributed by atoms with Crippen LogP contribution in [-0.4, -0.2) is 44.3 Å². The summed E-state index contributed by atoms with van der Waals surface area (Å²) in [6.07, 6.45) is 0.961. The molecule has 0 fully saturated rings. The molecule has 1 atom stereocenters. The summed E-state index contributed by atoms with van der Waals surface area (Å²) >= 11 is -2.55. The first-order chi connectivity index (χ1) is 13.1. The third kappa shape index (κ3) is 6.04. The highest BCUT2D eigenvalue weighted by atomic mass is 32.2. The van der Waals surface area contributed by atoms with Crippen molar-refractivity contribution in [2.75, 3.05) is 18.2 Å². The quantitative estimate of drug-likeness (QED) is 0.423. The van der Waals surface area contributed by atoms with Crippen molar-refractivity contribution in [3.05, 3.63) is 30.5 Å². The molecule has 0 radical (unpaired) electrons. The maximum atomic E-state index is 12.7. The molecule has 0 saturated heterocycles. The lowest BCUT2D eigenvalue weighted by molar-refractivity contribution is -0.141. The number of ether oxygens (including phenoxy) is 2. The van der Waals surface area contributed by atoms with Crippen LogP contribution >= 0.6 is 0 Å². The van der Waals surface area contributed by atoms with E-state index in [9.17, 15) is 13.8 Å². The number of fused-ring (bicyclic) bond motifs is 1. The second-order valence-corrected chi connectivity index (χ2v) is 7.61. The Morgan fingerprint density at radius 1 is 1.25 bits per heavy atom. The number of benzene rings is 1. The molecular formula is C18H24N2O7S. The molecule has 0 aliphatic carbocycles. The molecule has 1 aromatic carbocycles. The van der Waals surface area contributed by atoms with Gasteiger partial charge in [0.05, 0.1) is 17.7 Å². The van der Waals surface area contributed by atoms with E-state index in [1.807, 2.05) is 16.7 Å². The van der Waals surface area contributed by atoms with E-state index in [4.69, 9.17) is 18.2 Å². The highest BCUT2D eigenvalue weighted by molar-refractivity contribution is 7.74. The Bertz CT molecular complexity index is 872. The van der Waals surface area contributed by atoms with Gasteiger partial charge in [0, 0.05) is 18.5 Å². The fraction of sp³-hybridized carbons (Fsp3) is 0.444. The van der Waals surface area contributed by atoms with E-state index in [1.54, 1.807) is 39.1 Å². The number of hydrogen-bond donors (Lipinski definition) is 1. The molecule has 0 aliphatic rings. The van der Waals surface area contributed by atoms with Crippen LogP contribution in [0, 0.1) is 0 Å². The minimum Gasteiger partial charge on any atom is -0.464 e. The van der Waals surface area contributed by atoms with E-state index >= 15 is 0 Å². The predicted octanol–water partition coefficient (Wildman–Crippen LogP) is 3.06. The third-order valence-corrected chi connectivity index (χ3v) is 3.90. The number of nitrogens with zero attached hydrogens (tertiary/aromatic N) is 2. The largest absolute Gasteiger partial charge is 0.464 e. The Balaban J connectivity index is 2.41. The topological polar surface area (TPSA) is 107 Å². The van der Waals surface area contributed by atoms with E-state index in [0.717, 1.165) is 10.4 Å². The maximum absolute atomic E-state index is 12.7. The van der Waals surface area contributed by atoms with Crippen LogP contribution in [-0.2, 0) is 36.4 Å². The average molecular weight is 412 g/mol. The number of rotatable bonds is 7. The van der Waals surface area contributed by atoms with Gasteiger partial charge in [-0.2, -0.15) is 4.21 Å². The Hall–Kier alpha value is -2.43. The van der Waals surface area contributed by atoms with Crippen LogP contribution in [0.15, 0.2) is 30.5 Å². The second-order valence-electron chi connectivity index (χ2n) is 6.94. The molecule has 1 N–H and O–H groups in total. The lowest BCUT2D eigenvalue weighted by atomic mass is 10.2. The van der Waals surface area contributed by atoms with Crippen LogP contribution in [0.2, 0.25) is 0 Å². The number of para-hydroxylation sites is 1. The molecule has 0 saturated carbocycles. The molecule has 1 amide bonds. The van der Waals surface area contributed by atoms with Crippen LogP contribution in [0.4, 0.5) is 10.5 Å². The van der Waals surface area contributed by atoms with Crippen molar-refractivity contribution >= 4 is 40.0 Å². The van der Waals surface area contributed by atoms with Gasteiger partial charge in [-0.25, -0.2) is 8.98 Å². The lowest BCUT2D eigenvalue weighted by Crippen LogP contribution is -2.38. The first kappa shape index (κ1) is 21.9. The van der Waals surface area contributed by atoms with Crippen molar-refractivity contribution in [2.45, 2.75) is 39.8 Å². The monoisotopic (exact) mass is 412 g/mol. The molecule has 0 spiro atoms. The van der Waals surface area contributed by atoms with Gasteiger partial charge in [0.25, 0.3) is 0 Å². The summed E-state index contributed by atoms with van der Waals surface area (Å²) in [6.45, 7) is 6.54. The molecule has 9 nitrogen and oxygen atoms in total. The standard InChI is InChI=1S/C18H24N2O7S/c1-13(21)25-10-9-19-11-16(14-7-5-6-8-15(14)19)20(12-26-28(23)24)17(22)27-18(2,3)4/h5-8,11H,9-10,12H2,1-4H3,(H,23,24). The van der Waals surface area contributed by atoms with E-state index < -0.39 is 29.8 Å². The summed E-state index contributed by atoms with van der Waals surface area (Å²) in [6, 6.07) is 7.30. The summed E-state index contributed by atoms with van der Waals surface area (Å²) < 4.78 is 36.9. The van der Waals surface area contributed by atoms with Gasteiger partial charge in [-0.1, -0.05) is 18.2 Å². The first-order valence-corrected chi connectivity index (χ1v) is 9.57. The molecule has 10 heteroatoms. The fourth-order valence-corrected chi connectivity index (χ4v) is 2.75. The number of hydrogen-bond acceptors (Lipinski definition) is 6. The van der Waals surface area contributed by atoms with Crippen molar-refractivity contribution in [3.63, 3.8) is 0 Å². The zero-order chi connectivity index (χ0) is 20.9. The van der Waals surface area contributed by atoms with Gasteiger partial charge in [-0.05, 0) is 26.8 Å². The second kappa shape index (κ2) is 9.18. The molecule has 154 valence electrons. The normalized spacial score (nSPS) is 12.6. The summed E-state index contributed by atoms with van der Waals surface area (Å²) in [5, 5.41) is 0.712. The highest BCUT2D eigenvalue weighted by Crippen LogP contribution is 2.30. The average Bonchev–Trinajstić information content (AvgIpc) is 2.92. The van der Waals surface area contributed by atoms with Gasteiger partial charge in [-0.3, -0.25) is 14.2 Å². The SMILES string of the molecule is CC(=O)OCCn1cc(N(COS(=O)O)C(=O)OC(C)(C)C)c2ccccc21. The molecule has 1 unspecified atom stereocenters. The molecule has 0 bridgehead atoms. The molecular weight excluding hydrogens is 388 g/mol. The van der Waals surface area contributed by atoms with E-state index in [2.05, 4.69) is 0 Å². The summed E-state index contributed by atoms with van der Waals surface area (Å²) in [5.41, 5.74) is 0.475. The molecule has 1 heterocycles. The van der Waals surface area contributed by atoms with Gasteiger partial charge >= 0.3 is 23.4 Å². The number of carbonyl (C=O) groups excluding carboxylic acids is 2. The van der Waals surface area contributed by atoms with Gasteiger partial charge < -0.3 is 14.0 Å².